The molecule has 1 rings (SSSR count). The Hall–Kier alpha value is -1.18. The second kappa shape index (κ2) is 3.91. The fourth-order valence-electron chi connectivity index (χ4n) is 0.601. The summed E-state index contributed by atoms with van der Waals surface area (Å²) in [7, 11) is 0. The predicted octanol–water partition coefficient (Wildman–Crippen LogP) is 1.67. The average molecular weight is 225 g/mol. The highest BCUT2D eigenvalue weighted by molar-refractivity contribution is 7.10. The molecule has 1 aromatic rings. The molecule has 0 bridgehead atoms. The van der Waals surface area contributed by atoms with E-state index in [0.29, 0.717) is 0 Å². The number of carbonyl (C=O) groups excluding carboxylic acids is 1. The molecule has 1 amide bonds. The minimum Gasteiger partial charge on any atom is -0.315 e. The molecular weight excluding hydrogens is 219 g/mol. The van der Waals surface area contributed by atoms with Crippen molar-refractivity contribution < 1.29 is 18.0 Å². The van der Waals surface area contributed by atoms with Gasteiger partial charge in [0.2, 0.25) is 5.91 Å². The highest BCUT2D eigenvalue weighted by Crippen LogP contribution is 2.26. The van der Waals surface area contributed by atoms with Gasteiger partial charge in [0.05, 0.1) is 6.20 Å². The number of halogens is 3. The van der Waals surface area contributed by atoms with E-state index in [2.05, 4.69) is 14.9 Å². The molecule has 14 heavy (non-hydrogen) atoms. The first-order valence-electron chi connectivity index (χ1n) is 3.56. The largest absolute Gasteiger partial charge is 0.400 e. The van der Waals surface area contributed by atoms with Gasteiger partial charge in [0.15, 0.2) is 0 Å². The molecule has 4 nitrogen and oxygen atoms in total. The first kappa shape index (κ1) is 10.9. The van der Waals surface area contributed by atoms with Crippen LogP contribution >= 0.6 is 11.5 Å². The summed E-state index contributed by atoms with van der Waals surface area (Å²) >= 11 is 0.819. The minimum absolute atomic E-state index is 0.200. The Morgan fingerprint density at radius 1 is 1.64 bits per heavy atom. The van der Waals surface area contributed by atoms with Crippen LogP contribution in [-0.2, 0) is 4.79 Å². The second-order valence-electron chi connectivity index (χ2n) is 2.53. The van der Waals surface area contributed by atoms with Gasteiger partial charge in [-0.15, -0.1) is 5.10 Å². The Morgan fingerprint density at radius 3 is 2.71 bits per heavy atom. The summed E-state index contributed by atoms with van der Waals surface area (Å²) in [6, 6.07) is 0. The summed E-state index contributed by atoms with van der Waals surface area (Å²) in [5.41, 5.74) is 0. The van der Waals surface area contributed by atoms with Crippen molar-refractivity contribution in [2.75, 3.05) is 5.32 Å². The zero-order valence-electron chi connectivity index (χ0n) is 7.00. The van der Waals surface area contributed by atoms with E-state index in [1.54, 1.807) is 0 Å². The molecule has 1 N–H and O–H groups in total. The van der Waals surface area contributed by atoms with Crippen molar-refractivity contribution in [2.45, 2.75) is 13.1 Å². The SMILES string of the molecule is CC(C(=O)Nc1cnns1)C(F)(F)F. The Bertz CT molecular complexity index is 311. The molecule has 78 valence electrons. The first-order valence-corrected chi connectivity index (χ1v) is 4.33. The van der Waals surface area contributed by atoms with Gasteiger partial charge in [-0.05, 0) is 6.92 Å². The standard InChI is InChI=1S/C6H6F3N3OS/c1-3(6(7,8)9)5(13)11-4-2-10-12-14-4/h2-3H,1H3,(H,11,13). The molecule has 0 aromatic carbocycles. The van der Waals surface area contributed by atoms with E-state index in [4.69, 9.17) is 0 Å². The van der Waals surface area contributed by atoms with Gasteiger partial charge in [0.25, 0.3) is 0 Å². The van der Waals surface area contributed by atoms with Crippen LogP contribution in [0.4, 0.5) is 18.2 Å². The van der Waals surface area contributed by atoms with Crippen LogP contribution in [0.3, 0.4) is 0 Å². The molecule has 0 saturated carbocycles. The molecule has 0 fully saturated rings. The van der Waals surface area contributed by atoms with Gasteiger partial charge >= 0.3 is 6.18 Å². The molecule has 1 unspecified atom stereocenters. The lowest BCUT2D eigenvalue weighted by molar-refractivity contribution is -0.175. The van der Waals surface area contributed by atoms with Crippen molar-refractivity contribution >= 4 is 22.4 Å². The van der Waals surface area contributed by atoms with E-state index >= 15 is 0 Å². The van der Waals surface area contributed by atoms with Crippen molar-refractivity contribution in [1.82, 2.24) is 9.59 Å². The highest BCUT2D eigenvalue weighted by Gasteiger charge is 2.41. The third-order valence-electron chi connectivity index (χ3n) is 1.49. The van der Waals surface area contributed by atoms with Gasteiger partial charge in [-0.2, -0.15) is 13.2 Å². The monoisotopic (exact) mass is 225 g/mol. The maximum absolute atomic E-state index is 12.0. The van der Waals surface area contributed by atoms with Gasteiger partial charge in [-0.25, -0.2) is 0 Å². The van der Waals surface area contributed by atoms with Crippen molar-refractivity contribution in [1.29, 1.82) is 0 Å². The zero-order chi connectivity index (χ0) is 10.8. The van der Waals surface area contributed by atoms with Crippen molar-refractivity contribution in [2.24, 2.45) is 5.92 Å². The molecule has 0 aliphatic heterocycles. The first-order chi connectivity index (χ1) is 6.41. The summed E-state index contributed by atoms with van der Waals surface area (Å²) < 4.78 is 39.5. The lowest BCUT2D eigenvalue weighted by Gasteiger charge is -2.13. The lowest BCUT2D eigenvalue weighted by Crippen LogP contribution is -2.32. The maximum Gasteiger partial charge on any atom is 0.400 e. The molecular formula is C6H6F3N3OS. The molecule has 1 aromatic heterocycles. The van der Waals surface area contributed by atoms with Crippen molar-refractivity contribution in [3.05, 3.63) is 6.20 Å². The topological polar surface area (TPSA) is 54.9 Å². The predicted molar refractivity (Wildman–Crippen MR) is 43.8 cm³/mol. The van der Waals surface area contributed by atoms with E-state index in [1.165, 1.54) is 6.20 Å². The number of nitrogens with zero attached hydrogens (tertiary/aromatic N) is 2. The molecule has 0 aliphatic rings. The van der Waals surface area contributed by atoms with Crippen molar-refractivity contribution in [3.63, 3.8) is 0 Å². The zero-order valence-corrected chi connectivity index (χ0v) is 7.82. The number of anilines is 1. The number of rotatable bonds is 2. The summed E-state index contributed by atoms with van der Waals surface area (Å²) in [6.45, 7) is 0.795. The molecule has 0 radical (unpaired) electrons. The van der Waals surface area contributed by atoms with Crippen LogP contribution in [0.5, 0.6) is 0 Å². The molecule has 1 atom stereocenters. The van der Waals surface area contributed by atoms with Crippen LogP contribution in [0.15, 0.2) is 6.20 Å². The number of hydrogen-bond donors (Lipinski definition) is 1. The van der Waals surface area contributed by atoms with E-state index in [1.807, 2.05) is 0 Å². The Labute approximate surface area is 81.3 Å². The van der Waals surface area contributed by atoms with Gasteiger partial charge in [-0.1, -0.05) is 4.49 Å². The molecule has 8 heteroatoms. The summed E-state index contributed by atoms with van der Waals surface area (Å²) in [4.78, 5) is 11.0. The Morgan fingerprint density at radius 2 is 2.29 bits per heavy atom. The average Bonchev–Trinajstić information content (AvgIpc) is 2.53. The van der Waals surface area contributed by atoms with E-state index in [0.717, 1.165) is 18.5 Å². The van der Waals surface area contributed by atoms with Gasteiger partial charge in [0.1, 0.15) is 10.9 Å². The number of hydrogen-bond acceptors (Lipinski definition) is 4. The quantitative estimate of drug-likeness (QED) is 0.833. The summed E-state index contributed by atoms with van der Waals surface area (Å²) in [5.74, 6) is -3.15. The van der Waals surface area contributed by atoms with E-state index in [9.17, 15) is 18.0 Å². The highest BCUT2D eigenvalue weighted by atomic mass is 32.1. The smallest absolute Gasteiger partial charge is 0.315 e. The third kappa shape index (κ3) is 2.66. The van der Waals surface area contributed by atoms with Crippen LogP contribution in [0.1, 0.15) is 6.92 Å². The lowest BCUT2D eigenvalue weighted by atomic mass is 10.1. The van der Waals surface area contributed by atoms with Gasteiger partial charge in [-0.3, -0.25) is 4.79 Å². The molecule has 0 saturated heterocycles. The Kier molecular flexibility index (Phi) is 3.04. The van der Waals surface area contributed by atoms with Crippen LogP contribution in [0.2, 0.25) is 0 Å². The number of alkyl halides is 3. The number of amides is 1. The number of nitrogens with one attached hydrogen (secondary N) is 1. The van der Waals surface area contributed by atoms with Crippen LogP contribution in [0.25, 0.3) is 0 Å². The van der Waals surface area contributed by atoms with Crippen LogP contribution < -0.4 is 5.32 Å². The summed E-state index contributed by atoms with van der Waals surface area (Å²) in [6.07, 6.45) is -3.34. The fourth-order valence-corrected chi connectivity index (χ4v) is 1.02. The summed E-state index contributed by atoms with van der Waals surface area (Å²) in [5, 5.41) is 5.63. The normalized spacial score (nSPS) is 13.7. The van der Waals surface area contributed by atoms with Crippen molar-refractivity contribution in [3.8, 4) is 0 Å². The van der Waals surface area contributed by atoms with Crippen LogP contribution in [0, 0.1) is 5.92 Å². The van der Waals surface area contributed by atoms with Gasteiger partial charge in [0, 0.05) is 11.5 Å². The minimum atomic E-state index is -4.53. The molecule has 0 aliphatic carbocycles. The maximum atomic E-state index is 12.0. The van der Waals surface area contributed by atoms with Crippen LogP contribution in [-0.4, -0.2) is 21.7 Å². The van der Waals surface area contributed by atoms with E-state index < -0.39 is 18.0 Å². The Balaban J connectivity index is 2.59. The molecule has 0 spiro atoms. The number of carbonyl (C=O) groups is 1. The number of aromatic nitrogens is 2. The van der Waals surface area contributed by atoms with E-state index in [-0.39, 0.29) is 5.00 Å². The molecule has 1 heterocycles. The second-order valence-corrected chi connectivity index (χ2v) is 3.32. The fraction of sp³-hybridized carbons (Fsp3) is 0.500. The third-order valence-corrected chi connectivity index (χ3v) is 2.07. The van der Waals surface area contributed by atoms with Gasteiger partial charge < -0.3 is 5.32 Å².